The summed E-state index contributed by atoms with van der Waals surface area (Å²) in [7, 11) is 0. The maximum Gasteiger partial charge on any atom is 0.237 e. The third-order valence-corrected chi connectivity index (χ3v) is 0.271. The number of nitrogens with one attached hydrogen (secondary N) is 1. The normalized spacial score (nSPS) is 9.43. The molecule has 1 amide bonds. The standard InChI is InChI=1S/C3H5FN2O/c1-3(7)6-5-2-4/h2H,1H3,(H,6,7)/b5-2-. The molecule has 0 saturated carbocycles. The molecule has 0 aromatic heterocycles. The van der Waals surface area contributed by atoms with E-state index >= 15 is 0 Å². The molecule has 3 nitrogen and oxygen atoms in total. The fourth-order valence-electron chi connectivity index (χ4n) is 0.115. The van der Waals surface area contributed by atoms with Crippen LogP contribution in [0.4, 0.5) is 4.39 Å². The van der Waals surface area contributed by atoms with Gasteiger partial charge in [-0.3, -0.25) is 4.79 Å². The Morgan fingerprint density at radius 3 is 2.71 bits per heavy atom. The van der Waals surface area contributed by atoms with E-state index in [1.165, 1.54) is 6.92 Å². The van der Waals surface area contributed by atoms with Gasteiger partial charge >= 0.3 is 0 Å². The van der Waals surface area contributed by atoms with Crippen LogP contribution in [0, 0.1) is 0 Å². The molecule has 0 aromatic rings. The third-order valence-electron chi connectivity index (χ3n) is 0.271. The molecule has 0 heterocycles. The first-order valence-electron chi connectivity index (χ1n) is 1.65. The summed E-state index contributed by atoms with van der Waals surface area (Å²) in [6.07, 6.45) is 0. The van der Waals surface area contributed by atoms with Crippen LogP contribution < -0.4 is 5.43 Å². The Morgan fingerprint density at radius 1 is 2.00 bits per heavy atom. The zero-order valence-corrected chi connectivity index (χ0v) is 3.81. The van der Waals surface area contributed by atoms with Crippen LogP contribution in [0.15, 0.2) is 5.10 Å². The lowest BCUT2D eigenvalue weighted by Crippen LogP contribution is -2.11. The minimum absolute atomic E-state index is 0.0153. The minimum atomic E-state index is -0.381. The minimum Gasteiger partial charge on any atom is -0.274 e. The number of carbonyl (C=O) groups excluding carboxylic acids is 1. The van der Waals surface area contributed by atoms with E-state index in [0.717, 1.165) is 0 Å². The average Bonchev–Trinajstić information content (AvgIpc) is 1.61. The maximum absolute atomic E-state index is 10.8. The molecule has 0 rings (SSSR count). The van der Waals surface area contributed by atoms with E-state index in [9.17, 15) is 9.18 Å². The Balaban J connectivity index is 3.14. The predicted octanol–water partition coefficient (Wildman–Crippen LogP) is 0.0353. The van der Waals surface area contributed by atoms with Crippen molar-refractivity contribution in [1.82, 2.24) is 5.43 Å². The van der Waals surface area contributed by atoms with Crippen molar-refractivity contribution in [3.63, 3.8) is 0 Å². The van der Waals surface area contributed by atoms with Crippen LogP contribution in [0.3, 0.4) is 0 Å². The number of hydrogen-bond donors (Lipinski definition) is 1. The van der Waals surface area contributed by atoms with Gasteiger partial charge in [0.2, 0.25) is 5.91 Å². The first-order chi connectivity index (χ1) is 3.27. The lowest BCUT2D eigenvalue weighted by Gasteiger charge is -1.83. The molecule has 0 aromatic carbocycles. The van der Waals surface area contributed by atoms with Gasteiger partial charge in [0.25, 0.3) is 0 Å². The van der Waals surface area contributed by atoms with Crippen molar-refractivity contribution in [1.29, 1.82) is 0 Å². The van der Waals surface area contributed by atoms with Crippen LogP contribution in [0.1, 0.15) is 6.92 Å². The first-order valence-corrected chi connectivity index (χ1v) is 1.65. The fraction of sp³-hybridized carbons (Fsp3) is 0.333. The molecule has 0 aliphatic carbocycles. The highest BCUT2D eigenvalue weighted by molar-refractivity contribution is 5.73. The molecule has 0 atom stereocenters. The lowest BCUT2D eigenvalue weighted by atomic mass is 10.8. The Hall–Kier alpha value is -0.930. The second-order valence-corrected chi connectivity index (χ2v) is 0.895. The van der Waals surface area contributed by atoms with Gasteiger partial charge in [0.1, 0.15) is 0 Å². The van der Waals surface area contributed by atoms with Crippen molar-refractivity contribution in [2.75, 3.05) is 0 Å². The van der Waals surface area contributed by atoms with Crippen molar-refractivity contribution < 1.29 is 9.18 Å². The van der Waals surface area contributed by atoms with Gasteiger partial charge in [0.15, 0.2) is 6.47 Å². The van der Waals surface area contributed by atoms with Gasteiger partial charge in [-0.25, -0.2) is 5.43 Å². The van der Waals surface area contributed by atoms with Gasteiger partial charge in [-0.2, -0.15) is 9.49 Å². The fourth-order valence-corrected chi connectivity index (χ4v) is 0.115. The SMILES string of the molecule is CC(=O)N/N=C\F. The zero-order chi connectivity index (χ0) is 5.70. The smallest absolute Gasteiger partial charge is 0.237 e. The summed E-state index contributed by atoms with van der Waals surface area (Å²) in [4.78, 5) is 9.81. The van der Waals surface area contributed by atoms with E-state index in [2.05, 4.69) is 5.10 Å². The largest absolute Gasteiger partial charge is 0.274 e. The monoisotopic (exact) mass is 104 g/mol. The second-order valence-electron chi connectivity index (χ2n) is 0.895. The number of nitrogens with zero attached hydrogens (tertiary/aromatic N) is 1. The van der Waals surface area contributed by atoms with Crippen LogP contribution in [0.5, 0.6) is 0 Å². The quantitative estimate of drug-likeness (QED) is 0.370. The van der Waals surface area contributed by atoms with Crippen molar-refractivity contribution >= 4 is 12.4 Å². The maximum atomic E-state index is 10.8. The van der Waals surface area contributed by atoms with E-state index < -0.39 is 0 Å². The Kier molecular flexibility index (Phi) is 2.83. The summed E-state index contributed by atoms with van der Waals surface area (Å²) in [5, 5.41) is 2.78. The van der Waals surface area contributed by atoms with Crippen LogP contribution >= 0.6 is 0 Å². The van der Waals surface area contributed by atoms with Crippen LogP contribution in [-0.2, 0) is 4.79 Å². The molecular weight excluding hydrogens is 99.0 g/mol. The number of amides is 1. The molecule has 0 bridgehead atoms. The summed E-state index contributed by atoms with van der Waals surface area (Å²) >= 11 is 0. The number of halogens is 1. The Morgan fingerprint density at radius 2 is 2.57 bits per heavy atom. The highest BCUT2D eigenvalue weighted by atomic mass is 19.1. The molecule has 0 saturated heterocycles. The first kappa shape index (κ1) is 6.07. The van der Waals surface area contributed by atoms with Gasteiger partial charge in [-0.1, -0.05) is 0 Å². The number of carbonyl (C=O) groups is 1. The van der Waals surface area contributed by atoms with Gasteiger partial charge in [-0.05, 0) is 0 Å². The molecule has 4 heteroatoms. The lowest BCUT2D eigenvalue weighted by molar-refractivity contribution is -0.118. The summed E-state index contributed by atoms with van der Waals surface area (Å²) < 4.78 is 10.8. The molecule has 7 heavy (non-hydrogen) atoms. The molecule has 0 aliphatic heterocycles. The summed E-state index contributed by atoms with van der Waals surface area (Å²) in [5.41, 5.74) is 1.85. The van der Waals surface area contributed by atoms with Crippen LogP contribution in [0.25, 0.3) is 0 Å². The third kappa shape index (κ3) is 5.07. The zero-order valence-electron chi connectivity index (χ0n) is 3.81. The molecular formula is C3H5FN2O. The van der Waals surface area contributed by atoms with Crippen molar-refractivity contribution in [3.8, 4) is 0 Å². The molecule has 0 spiro atoms. The van der Waals surface area contributed by atoms with Gasteiger partial charge < -0.3 is 0 Å². The van der Waals surface area contributed by atoms with E-state index in [1.807, 2.05) is 5.43 Å². The van der Waals surface area contributed by atoms with E-state index in [1.54, 1.807) is 0 Å². The van der Waals surface area contributed by atoms with Crippen molar-refractivity contribution in [3.05, 3.63) is 0 Å². The second kappa shape index (κ2) is 3.27. The molecule has 0 unspecified atom stereocenters. The number of rotatable bonds is 1. The molecule has 0 aliphatic rings. The van der Waals surface area contributed by atoms with E-state index in [0.29, 0.717) is 0 Å². The van der Waals surface area contributed by atoms with Crippen LogP contribution in [0.2, 0.25) is 0 Å². The Bertz CT molecular complexity index is 90.9. The van der Waals surface area contributed by atoms with Gasteiger partial charge in [-0.15, -0.1) is 0 Å². The highest BCUT2D eigenvalue weighted by Gasteiger charge is 1.79. The summed E-state index contributed by atoms with van der Waals surface area (Å²) in [6, 6.07) is 0. The highest BCUT2D eigenvalue weighted by Crippen LogP contribution is 1.58. The molecule has 1 N–H and O–H groups in total. The van der Waals surface area contributed by atoms with Crippen LogP contribution in [-0.4, -0.2) is 12.4 Å². The predicted molar refractivity (Wildman–Crippen MR) is 23.4 cm³/mol. The van der Waals surface area contributed by atoms with Crippen molar-refractivity contribution in [2.45, 2.75) is 6.92 Å². The van der Waals surface area contributed by atoms with E-state index in [-0.39, 0.29) is 12.4 Å². The molecule has 40 valence electrons. The summed E-state index contributed by atoms with van der Waals surface area (Å²) in [5.74, 6) is -0.381. The topological polar surface area (TPSA) is 41.5 Å². The number of hydrogen-bond acceptors (Lipinski definition) is 2. The van der Waals surface area contributed by atoms with E-state index in [4.69, 9.17) is 0 Å². The summed E-state index contributed by atoms with van der Waals surface area (Å²) in [6.45, 7) is 1.26. The van der Waals surface area contributed by atoms with Gasteiger partial charge in [0, 0.05) is 6.92 Å². The average molecular weight is 104 g/mol. The van der Waals surface area contributed by atoms with Crippen molar-refractivity contribution in [2.24, 2.45) is 5.10 Å². The molecule has 0 fully saturated rings. The Labute approximate surface area is 40.2 Å². The number of hydrazone groups is 1. The molecule has 0 radical (unpaired) electrons. The van der Waals surface area contributed by atoms with Gasteiger partial charge in [0.05, 0.1) is 0 Å².